The first kappa shape index (κ1) is 13.4. The standard InChI is InChI=1S/C14H16N3O2/c1-8(2)14(4)13(19)16-12(17-14)11-10(7-18)5-9(3)6-15-11/h5-6,8H,1-4H3,(H,16,17,19). The first-order valence-electron chi connectivity index (χ1n) is 6.15. The van der Waals surface area contributed by atoms with Crippen molar-refractivity contribution in [2.24, 2.45) is 10.9 Å². The molecule has 1 amide bonds. The van der Waals surface area contributed by atoms with E-state index in [9.17, 15) is 9.59 Å². The zero-order chi connectivity index (χ0) is 14.2. The lowest BCUT2D eigenvalue weighted by atomic mass is 9.89. The van der Waals surface area contributed by atoms with Crippen LogP contribution in [0.25, 0.3) is 0 Å². The smallest absolute Gasteiger partial charge is 0.253 e. The van der Waals surface area contributed by atoms with Gasteiger partial charge < -0.3 is 5.32 Å². The minimum atomic E-state index is -0.817. The van der Waals surface area contributed by atoms with Crippen molar-refractivity contribution in [1.29, 1.82) is 0 Å². The van der Waals surface area contributed by atoms with Crippen molar-refractivity contribution in [3.05, 3.63) is 29.1 Å². The van der Waals surface area contributed by atoms with Gasteiger partial charge in [0.1, 0.15) is 11.2 Å². The van der Waals surface area contributed by atoms with Crippen LogP contribution in [0.1, 0.15) is 37.6 Å². The molecule has 19 heavy (non-hydrogen) atoms. The predicted molar refractivity (Wildman–Crippen MR) is 71.7 cm³/mol. The van der Waals surface area contributed by atoms with E-state index in [1.54, 1.807) is 19.2 Å². The van der Waals surface area contributed by atoms with E-state index in [1.165, 1.54) is 0 Å². The van der Waals surface area contributed by atoms with Gasteiger partial charge in [-0.15, -0.1) is 0 Å². The molecule has 0 aromatic carbocycles. The van der Waals surface area contributed by atoms with E-state index >= 15 is 0 Å². The molecule has 1 aliphatic heterocycles. The van der Waals surface area contributed by atoms with Crippen LogP contribution in [0.2, 0.25) is 0 Å². The van der Waals surface area contributed by atoms with Crippen molar-refractivity contribution in [3.63, 3.8) is 0 Å². The van der Waals surface area contributed by atoms with Crippen LogP contribution in [-0.2, 0) is 9.59 Å². The molecule has 1 unspecified atom stereocenters. The molecule has 1 aliphatic rings. The van der Waals surface area contributed by atoms with Crippen LogP contribution in [0.4, 0.5) is 0 Å². The quantitative estimate of drug-likeness (QED) is 0.883. The number of aryl methyl sites for hydroxylation is 1. The van der Waals surface area contributed by atoms with Gasteiger partial charge in [0.2, 0.25) is 6.29 Å². The molecule has 1 N–H and O–H groups in total. The fourth-order valence-corrected chi connectivity index (χ4v) is 1.88. The Balaban J connectivity index is 2.50. The molecule has 0 spiro atoms. The van der Waals surface area contributed by atoms with E-state index < -0.39 is 5.54 Å². The molecule has 5 nitrogen and oxygen atoms in total. The lowest BCUT2D eigenvalue weighted by Gasteiger charge is -2.21. The number of amides is 1. The number of hydrogen-bond acceptors (Lipinski definition) is 4. The summed E-state index contributed by atoms with van der Waals surface area (Å²) in [6.07, 6.45) is 3.47. The maximum atomic E-state index is 12.0. The molecule has 2 heterocycles. The molecule has 0 bridgehead atoms. The second-order valence-corrected chi connectivity index (χ2v) is 5.23. The number of carbonyl (C=O) groups excluding carboxylic acids is 2. The second kappa shape index (κ2) is 4.57. The molecule has 1 aromatic rings. The van der Waals surface area contributed by atoms with E-state index in [4.69, 9.17) is 0 Å². The zero-order valence-corrected chi connectivity index (χ0v) is 11.4. The van der Waals surface area contributed by atoms with Crippen LogP contribution in [0.15, 0.2) is 17.3 Å². The summed E-state index contributed by atoms with van der Waals surface area (Å²) in [5.41, 5.74) is 0.728. The summed E-state index contributed by atoms with van der Waals surface area (Å²) in [5.74, 6) is 0.232. The van der Waals surface area contributed by atoms with Gasteiger partial charge in [-0.1, -0.05) is 13.8 Å². The van der Waals surface area contributed by atoms with E-state index in [0.717, 1.165) is 5.56 Å². The predicted octanol–water partition coefficient (Wildman–Crippen LogP) is 1.14. The van der Waals surface area contributed by atoms with Gasteiger partial charge in [0.15, 0.2) is 5.84 Å². The van der Waals surface area contributed by atoms with Gasteiger partial charge in [0, 0.05) is 6.20 Å². The molecule has 0 fully saturated rings. The summed E-state index contributed by atoms with van der Waals surface area (Å²) in [6, 6.07) is 1.68. The number of aromatic nitrogens is 1. The van der Waals surface area contributed by atoms with Crippen molar-refractivity contribution in [2.45, 2.75) is 33.2 Å². The highest BCUT2D eigenvalue weighted by Crippen LogP contribution is 2.27. The summed E-state index contributed by atoms with van der Waals surface area (Å²) < 4.78 is 0. The van der Waals surface area contributed by atoms with Gasteiger partial charge in [-0.2, -0.15) is 0 Å². The normalized spacial score (nSPS) is 22.4. The Morgan fingerprint density at radius 2 is 2.11 bits per heavy atom. The third kappa shape index (κ3) is 2.16. The monoisotopic (exact) mass is 258 g/mol. The Morgan fingerprint density at radius 1 is 1.42 bits per heavy atom. The lowest BCUT2D eigenvalue weighted by molar-refractivity contribution is -0.124. The Labute approximate surface area is 112 Å². The Morgan fingerprint density at radius 3 is 2.63 bits per heavy atom. The number of nitrogens with zero attached hydrogens (tertiary/aromatic N) is 2. The molecule has 0 aliphatic carbocycles. The first-order chi connectivity index (χ1) is 8.88. The number of carbonyl (C=O) groups is 1. The molecule has 0 saturated carbocycles. The molecule has 5 heteroatoms. The largest absolute Gasteiger partial charge is 0.307 e. The molecule has 0 saturated heterocycles. The van der Waals surface area contributed by atoms with Crippen LogP contribution in [0, 0.1) is 12.8 Å². The fourth-order valence-electron chi connectivity index (χ4n) is 1.88. The van der Waals surface area contributed by atoms with Crippen molar-refractivity contribution in [3.8, 4) is 0 Å². The van der Waals surface area contributed by atoms with Crippen molar-refractivity contribution < 1.29 is 9.59 Å². The van der Waals surface area contributed by atoms with E-state index in [2.05, 4.69) is 15.3 Å². The summed E-state index contributed by atoms with van der Waals surface area (Å²) >= 11 is 0. The second-order valence-electron chi connectivity index (χ2n) is 5.23. The van der Waals surface area contributed by atoms with Gasteiger partial charge >= 0.3 is 0 Å². The van der Waals surface area contributed by atoms with Gasteiger partial charge in [0.05, 0.1) is 5.56 Å². The van der Waals surface area contributed by atoms with Crippen molar-refractivity contribution in [1.82, 2.24) is 10.3 Å². The lowest BCUT2D eigenvalue weighted by Crippen LogP contribution is -2.41. The Bertz CT molecular complexity index is 578. The van der Waals surface area contributed by atoms with E-state index in [0.29, 0.717) is 17.1 Å². The highest BCUT2D eigenvalue weighted by molar-refractivity contribution is 6.16. The Hall–Kier alpha value is -2.04. The number of rotatable bonds is 3. The minimum Gasteiger partial charge on any atom is -0.307 e. The average molecular weight is 258 g/mol. The zero-order valence-electron chi connectivity index (χ0n) is 11.4. The highest BCUT2D eigenvalue weighted by atomic mass is 16.2. The van der Waals surface area contributed by atoms with Crippen LogP contribution in [0.5, 0.6) is 0 Å². The average Bonchev–Trinajstić information content (AvgIpc) is 2.66. The van der Waals surface area contributed by atoms with Crippen LogP contribution in [-0.4, -0.2) is 28.6 Å². The minimum absolute atomic E-state index is 0.0547. The molecule has 2 rings (SSSR count). The number of pyridine rings is 1. The van der Waals surface area contributed by atoms with Crippen LogP contribution < -0.4 is 5.32 Å². The Kier molecular flexibility index (Phi) is 3.22. The summed E-state index contributed by atoms with van der Waals surface area (Å²) in [5, 5.41) is 2.71. The molecule has 1 aromatic heterocycles. The van der Waals surface area contributed by atoms with Crippen molar-refractivity contribution >= 4 is 18.0 Å². The topological polar surface area (TPSA) is 71.4 Å². The number of nitrogens with one attached hydrogen (secondary N) is 1. The molecular formula is C14H16N3O2. The van der Waals surface area contributed by atoms with Crippen LogP contribution in [0.3, 0.4) is 0 Å². The molecule has 1 radical (unpaired) electrons. The third-order valence-electron chi connectivity index (χ3n) is 3.52. The number of aliphatic imine (C=N–C) groups is 1. The number of hydrogen-bond donors (Lipinski definition) is 1. The number of amidine groups is 1. The SMILES string of the molecule is Cc1cnc(C2=NC(C)(C(C)C)C(=O)N2)c([C]=O)c1. The maximum Gasteiger partial charge on any atom is 0.253 e. The summed E-state index contributed by atoms with van der Waals surface area (Å²) in [4.78, 5) is 31.6. The van der Waals surface area contributed by atoms with Gasteiger partial charge in [-0.3, -0.25) is 14.6 Å². The fraction of sp³-hybridized carbons (Fsp3) is 0.429. The molecular weight excluding hydrogens is 242 g/mol. The summed E-state index contributed by atoms with van der Waals surface area (Å²) in [7, 11) is 0. The first-order valence-corrected chi connectivity index (χ1v) is 6.15. The molecule has 99 valence electrons. The van der Waals surface area contributed by atoms with Gasteiger partial charge in [-0.25, -0.2) is 4.99 Å². The third-order valence-corrected chi connectivity index (χ3v) is 3.52. The van der Waals surface area contributed by atoms with E-state index in [-0.39, 0.29) is 11.8 Å². The maximum absolute atomic E-state index is 12.0. The van der Waals surface area contributed by atoms with Gasteiger partial charge in [-0.05, 0) is 31.4 Å². The van der Waals surface area contributed by atoms with Gasteiger partial charge in [0.25, 0.3) is 5.91 Å². The molecule has 1 atom stereocenters. The highest BCUT2D eigenvalue weighted by Gasteiger charge is 2.42. The van der Waals surface area contributed by atoms with Crippen LogP contribution >= 0.6 is 0 Å². The summed E-state index contributed by atoms with van der Waals surface area (Å²) in [6.45, 7) is 7.48. The van der Waals surface area contributed by atoms with E-state index in [1.807, 2.05) is 27.1 Å². The van der Waals surface area contributed by atoms with Crippen molar-refractivity contribution in [2.75, 3.05) is 0 Å².